The Hall–Kier alpha value is -3.79. The van der Waals surface area contributed by atoms with Gasteiger partial charge in [0.15, 0.2) is 0 Å². The van der Waals surface area contributed by atoms with Crippen LogP contribution in [0.25, 0.3) is 73.1 Å². The first-order chi connectivity index (χ1) is 17.2. The number of aryl methyl sites for hydroxylation is 1. The molecule has 0 aliphatic carbocycles. The van der Waals surface area contributed by atoms with E-state index in [4.69, 9.17) is 4.98 Å². The maximum atomic E-state index is 5.00. The molecule has 0 aliphatic rings. The lowest BCUT2D eigenvalue weighted by Crippen LogP contribution is -1.89. The Balaban J connectivity index is 1.53. The topological polar surface area (TPSA) is 12.9 Å². The highest BCUT2D eigenvalue weighted by atomic mass is 32.1. The number of thiophene rings is 2. The second-order valence-corrected chi connectivity index (χ2v) is 11.4. The third kappa shape index (κ3) is 2.77. The van der Waals surface area contributed by atoms with Crippen LogP contribution in [-0.2, 0) is 0 Å². The van der Waals surface area contributed by atoms with Crippen molar-refractivity contribution in [2.75, 3.05) is 0 Å². The molecule has 0 bridgehead atoms. The molecule has 0 unspecified atom stereocenters. The zero-order valence-corrected chi connectivity index (χ0v) is 20.6. The molecule has 35 heavy (non-hydrogen) atoms. The Morgan fingerprint density at radius 2 is 1.29 bits per heavy atom. The van der Waals surface area contributed by atoms with Crippen molar-refractivity contribution in [3.8, 4) is 11.1 Å². The van der Waals surface area contributed by atoms with Crippen molar-refractivity contribution >= 4 is 84.7 Å². The lowest BCUT2D eigenvalue weighted by Gasteiger charge is -2.12. The molecule has 1 nitrogen and oxygen atoms in total. The van der Waals surface area contributed by atoms with Crippen molar-refractivity contribution in [3.63, 3.8) is 0 Å². The van der Waals surface area contributed by atoms with Crippen LogP contribution in [0.2, 0.25) is 0 Å². The van der Waals surface area contributed by atoms with Crippen LogP contribution < -0.4 is 0 Å². The molecule has 0 aliphatic heterocycles. The first-order valence-corrected chi connectivity index (χ1v) is 13.4. The van der Waals surface area contributed by atoms with Gasteiger partial charge < -0.3 is 0 Å². The number of hydrogen-bond donors (Lipinski definition) is 0. The molecule has 0 fully saturated rings. The van der Waals surface area contributed by atoms with Crippen molar-refractivity contribution in [2.45, 2.75) is 6.92 Å². The maximum absolute atomic E-state index is 5.00. The second-order valence-electron chi connectivity index (χ2n) is 9.28. The Morgan fingerprint density at radius 3 is 2.14 bits per heavy atom. The largest absolute Gasteiger partial charge is 0.255 e. The van der Waals surface area contributed by atoms with Gasteiger partial charge in [-0.15, -0.1) is 22.7 Å². The molecule has 3 aromatic heterocycles. The molecule has 0 atom stereocenters. The molecule has 0 saturated carbocycles. The summed E-state index contributed by atoms with van der Waals surface area (Å²) in [6.45, 7) is 2.13. The summed E-state index contributed by atoms with van der Waals surface area (Å²) in [6, 6.07) is 33.6. The van der Waals surface area contributed by atoms with Crippen molar-refractivity contribution in [1.82, 2.24) is 4.98 Å². The summed E-state index contributed by atoms with van der Waals surface area (Å²) < 4.78 is 5.34. The fraction of sp³-hybridized carbons (Fsp3) is 0.0312. The van der Waals surface area contributed by atoms with Gasteiger partial charge in [0.2, 0.25) is 0 Å². The molecule has 5 aromatic carbocycles. The molecule has 0 N–H and O–H groups in total. The van der Waals surface area contributed by atoms with Crippen LogP contribution in [0.4, 0.5) is 0 Å². The van der Waals surface area contributed by atoms with Crippen molar-refractivity contribution in [3.05, 3.63) is 103 Å². The molecular formula is C32H19NS2. The molecule has 8 aromatic rings. The highest BCUT2D eigenvalue weighted by Crippen LogP contribution is 2.44. The number of fused-ring (bicyclic) bond motifs is 9. The molecule has 0 saturated heterocycles. The van der Waals surface area contributed by atoms with Gasteiger partial charge in [-0.1, -0.05) is 54.6 Å². The van der Waals surface area contributed by atoms with Crippen molar-refractivity contribution in [2.24, 2.45) is 0 Å². The number of hydrogen-bond acceptors (Lipinski definition) is 3. The summed E-state index contributed by atoms with van der Waals surface area (Å²) >= 11 is 3.76. The maximum Gasteiger partial charge on any atom is 0.0786 e. The zero-order valence-electron chi connectivity index (χ0n) is 19.0. The van der Waals surface area contributed by atoms with Gasteiger partial charge in [0.1, 0.15) is 0 Å². The lowest BCUT2D eigenvalue weighted by molar-refractivity contribution is 1.34. The standard InChI is InChI=1S/C32H19NS2/c1-18-13-27-25(23-10-6-9-22-20-7-2-5-12-29(20)35-32(22)23)14-19-15-30-26(16-24(19)31(27)33-17-18)21-8-3-4-11-28(21)34-30/h2-17H,1H3. The monoisotopic (exact) mass is 481 g/mol. The fourth-order valence-corrected chi connectivity index (χ4v) is 7.88. The molecule has 8 rings (SSSR count). The summed E-state index contributed by atoms with van der Waals surface area (Å²) in [5, 5.41) is 9.01. The van der Waals surface area contributed by atoms with Crippen molar-refractivity contribution in [1.29, 1.82) is 0 Å². The summed E-state index contributed by atoms with van der Waals surface area (Å²) in [5.74, 6) is 0. The number of pyridine rings is 1. The van der Waals surface area contributed by atoms with Crippen LogP contribution in [-0.4, -0.2) is 4.98 Å². The zero-order chi connectivity index (χ0) is 23.1. The molecule has 164 valence electrons. The van der Waals surface area contributed by atoms with Gasteiger partial charge in [0.05, 0.1) is 5.52 Å². The minimum absolute atomic E-state index is 1.08. The van der Waals surface area contributed by atoms with E-state index in [0.717, 1.165) is 5.52 Å². The van der Waals surface area contributed by atoms with Crippen LogP contribution >= 0.6 is 22.7 Å². The normalized spacial score (nSPS) is 12.1. The first-order valence-electron chi connectivity index (χ1n) is 11.8. The van der Waals surface area contributed by atoms with Gasteiger partial charge in [0.25, 0.3) is 0 Å². The molecule has 3 heterocycles. The van der Waals surface area contributed by atoms with E-state index in [-0.39, 0.29) is 0 Å². The third-order valence-electron chi connectivity index (χ3n) is 7.11. The minimum atomic E-state index is 1.08. The van der Waals surface area contributed by atoms with Crippen LogP contribution in [0.5, 0.6) is 0 Å². The molecule has 0 spiro atoms. The highest BCUT2D eigenvalue weighted by Gasteiger charge is 2.16. The van der Waals surface area contributed by atoms with E-state index in [9.17, 15) is 0 Å². The lowest BCUT2D eigenvalue weighted by atomic mass is 9.93. The molecule has 0 radical (unpaired) electrons. The first kappa shape index (κ1) is 19.5. The number of nitrogens with zero attached hydrogens (tertiary/aromatic N) is 1. The van der Waals surface area contributed by atoms with E-state index in [0.29, 0.717) is 0 Å². The summed E-state index contributed by atoms with van der Waals surface area (Å²) in [6.07, 6.45) is 2.00. The van der Waals surface area contributed by atoms with Crippen molar-refractivity contribution < 1.29 is 0 Å². The number of aromatic nitrogens is 1. The Labute approximate surface area is 209 Å². The molecule has 3 heteroatoms. The Kier molecular flexibility index (Phi) is 3.96. The summed E-state index contributed by atoms with van der Waals surface area (Å²) in [7, 11) is 0. The second kappa shape index (κ2) is 7.11. The predicted octanol–water partition coefficient (Wildman–Crippen LogP) is 10.1. The third-order valence-corrected chi connectivity index (χ3v) is 9.47. The smallest absolute Gasteiger partial charge is 0.0786 e. The number of rotatable bonds is 1. The van der Waals surface area contributed by atoms with E-state index in [2.05, 4.69) is 97.9 Å². The number of benzene rings is 5. The van der Waals surface area contributed by atoms with E-state index >= 15 is 0 Å². The fourth-order valence-electron chi connectivity index (χ4n) is 5.52. The van der Waals surface area contributed by atoms with E-state index in [1.807, 2.05) is 28.9 Å². The van der Waals surface area contributed by atoms with E-state index < -0.39 is 0 Å². The van der Waals surface area contributed by atoms with Crippen LogP contribution in [0, 0.1) is 6.92 Å². The van der Waals surface area contributed by atoms with Crippen LogP contribution in [0.3, 0.4) is 0 Å². The SMILES string of the molecule is Cc1cnc2c(c1)c(-c1cccc3c1sc1ccccc13)cc1cc3sc4ccccc4c3cc12. The predicted molar refractivity (Wildman–Crippen MR) is 155 cm³/mol. The molecule has 0 amide bonds. The van der Waals surface area contributed by atoms with Gasteiger partial charge in [0, 0.05) is 62.9 Å². The van der Waals surface area contributed by atoms with Gasteiger partial charge in [-0.25, -0.2) is 0 Å². The van der Waals surface area contributed by atoms with Crippen LogP contribution in [0.1, 0.15) is 5.56 Å². The van der Waals surface area contributed by atoms with Crippen LogP contribution in [0.15, 0.2) is 97.2 Å². The Bertz CT molecular complexity index is 2130. The highest BCUT2D eigenvalue weighted by molar-refractivity contribution is 7.26. The van der Waals surface area contributed by atoms with E-state index in [1.165, 1.54) is 73.2 Å². The molecular weight excluding hydrogens is 462 g/mol. The van der Waals surface area contributed by atoms with Gasteiger partial charge in [-0.05, 0) is 59.8 Å². The average Bonchev–Trinajstić information content (AvgIpc) is 3.45. The summed E-state index contributed by atoms with van der Waals surface area (Å²) in [5.41, 5.74) is 4.82. The van der Waals surface area contributed by atoms with Gasteiger partial charge in [-0.2, -0.15) is 0 Å². The van der Waals surface area contributed by atoms with Gasteiger partial charge >= 0.3 is 0 Å². The quantitative estimate of drug-likeness (QED) is 0.213. The average molecular weight is 482 g/mol. The minimum Gasteiger partial charge on any atom is -0.255 e. The van der Waals surface area contributed by atoms with E-state index in [1.54, 1.807) is 0 Å². The Morgan fingerprint density at radius 1 is 0.543 bits per heavy atom. The van der Waals surface area contributed by atoms with Gasteiger partial charge in [-0.3, -0.25) is 4.98 Å². The summed E-state index contributed by atoms with van der Waals surface area (Å²) in [4.78, 5) is 5.00.